The van der Waals surface area contributed by atoms with Gasteiger partial charge in [-0.3, -0.25) is 4.98 Å². The minimum absolute atomic E-state index is 0.434. The van der Waals surface area contributed by atoms with Crippen LogP contribution in [0.3, 0.4) is 0 Å². The first-order chi connectivity index (χ1) is 14.2. The van der Waals surface area contributed by atoms with E-state index in [2.05, 4.69) is 87.0 Å². The van der Waals surface area contributed by atoms with Crippen LogP contribution >= 0.6 is 0 Å². The monoisotopic (exact) mass is 383 g/mol. The third-order valence-electron chi connectivity index (χ3n) is 5.67. The lowest BCUT2D eigenvalue weighted by molar-refractivity contribution is 0.720. The zero-order valence-electron chi connectivity index (χ0n) is 16.9. The van der Waals surface area contributed by atoms with Gasteiger partial charge in [0.2, 0.25) is 0 Å². The Morgan fingerprint density at radius 2 is 1.83 bits per heavy atom. The van der Waals surface area contributed by atoms with Gasteiger partial charge in [0.1, 0.15) is 6.33 Å². The van der Waals surface area contributed by atoms with Crippen LogP contribution in [0.25, 0.3) is 17.0 Å². The Hall–Kier alpha value is -3.21. The molecule has 1 saturated carbocycles. The van der Waals surface area contributed by atoms with Crippen molar-refractivity contribution in [3.8, 4) is 11.4 Å². The number of anilines is 1. The van der Waals surface area contributed by atoms with Crippen LogP contribution < -0.4 is 4.90 Å². The molecule has 2 aliphatic rings. The molecule has 1 fully saturated rings. The molecule has 0 amide bonds. The van der Waals surface area contributed by atoms with E-state index in [1.807, 2.05) is 18.7 Å². The van der Waals surface area contributed by atoms with Gasteiger partial charge in [0, 0.05) is 41.9 Å². The molecule has 0 spiro atoms. The number of hydrogen-bond acceptors (Lipinski definition) is 4. The predicted molar refractivity (Wildman–Crippen MR) is 116 cm³/mol. The highest BCUT2D eigenvalue weighted by Crippen LogP contribution is 2.38. The lowest BCUT2D eigenvalue weighted by Crippen LogP contribution is -2.29. The summed E-state index contributed by atoms with van der Waals surface area (Å²) in [6, 6.07) is 13.4. The third kappa shape index (κ3) is 3.48. The van der Waals surface area contributed by atoms with Crippen LogP contribution in [0.5, 0.6) is 0 Å². The molecule has 5 rings (SSSR count). The normalized spacial score (nSPS) is 16.7. The number of aromatic nitrogens is 4. The lowest BCUT2D eigenvalue weighted by atomic mass is 9.98. The average Bonchev–Trinajstić information content (AvgIpc) is 3.50. The Balaban J connectivity index is 1.51. The van der Waals surface area contributed by atoms with Crippen LogP contribution in [0.2, 0.25) is 0 Å². The van der Waals surface area contributed by atoms with Crippen molar-refractivity contribution in [3.05, 3.63) is 78.5 Å². The van der Waals surface area contributed by atoms with E-state index in [9.17, 15) is 0 Å². The average molecular weight is 383 g/mol. The molecular weight excluding hydrogens is 358 g/mol. The summed E-state index contributed by atoms with van der Waals surface area (Å²) >= 11 is 0. The fourth-order valence-corrected chi connectivity index (χ4v) is 3.97. The van der Waals surface area contributed by atoms with E-state index >= 15 is 0 Å². The van der Waals surface area contributed by atoms with Gasteiger partial charge in [0.15, 0.2) is 5.82 Å². The molecule has 146 valence electrons. The summed E-state index contributed by atoms with van der Waals surface area (Å²) < 4.78 is 2.22. The van der Waals surface area contributed by atoms with E-state index in [0.29, 0.717) is 12.0 Å². The van der Waals surface area contributed by atoms with Gasteiger partial charge in [-0.1, -0.05) is 32.1 Å². The molecule has 0 unspecified atom stereocenters. The summed E-state index contributed by atoms with van der Waals surface area (Å²) in [5.41, 5.74) is 6.14. The van der Waals surface area contributed by atoms with E-state index in [4.69, 9.17) is 0 Å². The first kappa shape index (κ1) is 17.9. The van der Waals surface area contributed by atoms with Crippen LogP contribution in [-0.4, -0.2) is 26.3 Å². The number of benzene rings is 1. The van der Waals surface area contributed by atoms with Gasteiger partial charge >= 0.3 is 0 Å². The van der Waals surface area contributed by atoms with E-state index < -0.39 is 0 Å². The van der Waals surface area contributed by atoms with Gasteiger partial charge in [-0.2, -0.15) is 0 Å². The number of rotatable bonds is 5. The highest BCUT2D eigenvalue weighted by molar-refractivity contribution is 5.76. The second kappa shape index (κ2) is 7.32. The second-order valence-electron chi connectivity index (χ2n) is 8.10. The fourth-order valence-electron chi connectivity index (χ4n) is 3.97. The molecular formula is C24H25N5. The summed E-state index contributed by atoms with van der Waals surface area (Å²) in [6.07, 6.45) is 12.5. The quantitative estimate of drug-likeness (QED) is 0.614. The molecule has 0 bridgehead atoms. The maximum absolute atomic E-state index is 4.41. The van der Waals surface area contributed by atoms with Gasteiger partial charge in [-0.05, 0) is 60.2 Å². The van der Waals surface area contributed by atoms with Crippen molar-refractivity contribution < 1.29 is 0 Å². The van der Waals surface area contributed by atoms with Crippen molar-refractivity contribution in [1.29, 1.82) is 0 Å². The first-order valence-corrected chi connectivity index (χ1v) is 10.3. The van der Waals surface area contributed by atoms with Crippen LogP contribution in [0.1, 0.15) is 38.3 Å². The van der Waals surface area contributed by atoms with Crippen molar-refractivity contribution in [3.63, 3.8) is 0 Å². The fraction of sp³-hybridized carbons (Fsp3) is 0.292. The Bertz CT molecular complexity index is 1070. The first-order valence-electron chi connectivity index (χ1n) is 10.3. The van der Waals surface area contributed by atoms with Crippen molar-refractivity contribution in [2.75, 3.05) is 11.4 Å². The number of allylic oxidation sites excluding steroid dienone is 3. The van der Waals surface area contributed by atoms with E-state index in [1.54, 1.807) is 0 Å². The maximum atomic E-state index is 4.41. The Labute approximate surface area is 171 Å². The Morgan fingerprint density at radius 1 is 1.00 bits per heavy atom. The molecule has 0 N–H and O–H groups in total. The molecule has 2 aromatic heterocycles. The minimum atomic E-state index is 0.434. The topological polar surface area (TPSA) is 46.8 Å². The molecule has 5 nitrogen and oxygen atoms in total. The number of nitrogens with zero attached hydrogens (tertiary/aromatic N) is 5. The van der Waals surface area contributed by atoms with E-state index in [0.717, 1.165) is 17.9 Å². The molecule has 5 heteroatoms. The zero-order chi connectivity index (χ0) is 19.8. The molecule has 0 saturated heterocycles. The predicted octanol–water partition coefficient (Wildman–Crippen LogP) is 5.12. The summed E-state index contributed by atoms with van der Waals surface area (Å²) in [5.74, 6) is 1.40. The summed E-state index contributed by atoms with van der Waals surface area (Å²) in [5, 5.41) is 8.58. The molecule has 29 heavy (non-hydrogen) atoms. The van der Waals surface area contributed by atoms with Gasteiger partial charge < -0.3 is 9.47 Å². The Morgan fingerprint density at radius 3 is 2.59 bits per heavy atom. The van der Waals surface area contributed by atoms with E-state index in [1.165, 1.54) is 35.4 Å². The number of hydrogen-bond donors (Lipinski definition) is 0. The summed E-state index contributed by atoms with van der Waals surface area (Å²) in [6.45, 7) is 5.34. The third-order valence-corrected chi connectivity index (χ3v) is 5.67. The van der Waals surface area contributed by atoms with Crippen molar-refractivity contribution in [2.45, 2.75) is 32.7 Å². The highest BCUT2D eigenvalue weighted by Gasteiger charge is 2.27. The molecule has 0 atom stereocenters. The molecule has 0 radical (unpaired) electrons. The van der Waals surface area contributed by atoms with Crippen molar-refractivity contribution in [1.82, 2.24) is 19.7 Å². The molecule has 1 aliphatic carbocycles. The SMILES string of the molecule is CC(C)C1=CC=C(c2ccncc2)CN1c1cccc(-c2nncn2C2CC2)c1. The standard InChI is InChI=1S/C24H25N5/c1-17(2)23-9-6-20(18-10-12-25-13-11-18)15-28(23)22-5-3-4-19(14-22)24-27-26-16-29(24)21-7-8-21/h3-6,9-14,16-17,21H,7-8,15H2,1-2H3. The molecule has 1 aromatic carbocycles. The smallest absolute Gasteiger partial charge is 0.164 e. The lowest BCUT2D eigenvalue weighted by Gasteiger charge is -2.33. The van der Waals surface area contributed by atoms with Crippen LogP contribution in [0.15, 0.2) is 73.0 Å². The largest absolute Gasteiger partial charge is 0.340 e. The number of pyridine rings is 1. The maximum Gasteiger partial charge on any atom is 0.164 e. The summed E-state index contributed by atoms with van der Waals surface area (Å²) in [4.78, 5) is 6.58. The van der Waals surface area contributed by atoms with Crippen LogP contribution in [-0.2, 0) is 0 Å². The van der Waals surface area contributed by atoms with Gasteiger partial charge in [0.25, 0.3) is 0 Å². The molecule has 1 aliphatic heterocycles. The Kier molecular flexibility index (Phi) is 4.51. The minimum Gasteiger partial charge on any atom is -0.340 e. The van der Waals surface area contributed by atoms with Crippen molar-refractivity contribution in [2.24, 2.45) is 5.92 Å². The van der Waals surface area contributed by atoms with Gasteiger partial charge in [-0.15, -0.1) is 10.2 Å². The second-order valence-corrected chi connectivity index (χ2v) is 8.10. The highest BCUT2D eigenvalue weighted by atomic mass is 15.3. The molecule has 3 aromatic rings. The summed E-state index contributed by atoms with van der Waals surface area (Å²) in [7, 11) is 0. The zero-order valence-corrected chi connectivity index (χ0v) is 16.9. The van der Waals surface area contributed by atoms with Gasteiger partial charge in [0.05, 0.1) is 0 Å². The molecule has 3 heterocycles. The van der Waals surface area contributed by atoms with Crippen LogP contribution in [0, 0.1) is 5.92 Å². The van der Waals surface area contributed by atoms with Crippen LogP contribution in [0.4, 0.5) is 5.69 Å². The van der Waals surface area contributed by atoms with E-state index in [-0.39, 0.29) is 0 Å². The van der Waals surface area contributed by atoms with Crippen molar-refractivity contribution >= 4 is 11.3 Å². The van der Waals surface area contributed by atoms with Gasteiger partial charge in [-0.25, -0.2) is 0 Å².